The van der Waals surface area contributed by atoms with E-state index >= 15 is 0 Å². The van der Waals surface area contributed by atoms with Crippen LogP contribution in [0.1, 0.15) is 54.3 Å². The van der Waals surface area contributed by atoms with E-state index in [1.807, 2.05) is 0 Å². The summed E-state index contributed by atoms with van der Waals surface area (Å²) in [5, 5.41) is 30.4. The number of hydrogen-bond donors (Lipinski definition) is 3. The number of benzene rings is 1. The summed E-state index contributed by atoms with van der Waals surface area (Å²) in [4.78, 5) is 37.7. The number of aliphatic hydroxyl groups is 1. The number of rotatable bonds is 4. The molecule has 2 rings (SSSR count). The zero-order valence-corrected chi connectivity index (χ0v) is 13.8. The fourth-order valence-electron chi connectivity index (χ4n) is 3.07. The lowest BCUT2D eigenvalue weighted by atomic mass is 9.63. The summed E-state index contributed by atoms with van der Waals surface area (Å²) in [5.74, 6) is -3.08. The van der Waals surface area contributed by atoms with Crippen molar-refractivity contribution in [2.75, 3.05) is 0 Å². The molecule has 1 aliphatic rings. The standard InChI is InChI=1S/C18H20O6/c1-9(2)4-7-14(23)18(10(3)19)8-13(22)15-11(20)5-6-12(21)16(15)17(18)24/h4-6,14,20-21,23H,7-8H2,1-3H3/t14-,18?/m1/s1. The molecule has 3 N–H and O–H groups in total. The monoisotopic (exact) mass is 332 g/mol. The number of fused-ring (bicyclic) bond motifs is 1. The number of carbonyl (C=O) groups excluding carboxylic acids is 3. The maximum absolute atomic E-state index is 13.0. The Labute approximate surface area is 139 Å². The maximum atomic E-state index is 13.0. The van der Waals surface area contributed by atoms with E-state index < -0.39 is 52.4 Å². The summed E-state index contributed by atoms with van der Waals surface area (Å²) in [6.07, 6.45) is -0.250. The molecule has 0 saturated carbocycles. The second-order valence-electron chi connectivity index (χ2n) is 6.34. The van der Waals surface area contributed by atoms with Gasteiger partial charge in [-0.1, -0.05) is 11.6 Å². The summed E-state index contributed by atoms with van der Waals surface area (Å²) in [7, 11) is 0. The number of ketones is 3. The van der Waals surface area contributed by atoms with Gasteiger partial charge in [-0.25, -0.2) is 0 Å². The molecule has 24 heavy (non-hydrogen) atoms. The molecule has 0 spiro atoms. The number of aliphatic hydroxyl groups excluding tert-OH is 1. The van der Waals surface area contributed by atoms with Crippen molar-refractivity contribution in [3.05, 3.63) is 34.9 Å². The molecule has 1 aromatic rings. The average molecular weight is 332 g/mol. The predicted octanol–water partition coefficient (Wildman–Crippen LogP) is 2.16. The van der Waals surface area contributed by atoms with Gasteiger partial charge in [0.25, 0.3) is 0 Å². The molecule has 0 saturated heterocycles. The number of Topliss-reactive ketones (excluding diaryl/α,β-unsaturated/α-hetero) is 3. The Morgan fingerprint density at radius 2 is 1.71 bits per heavy atom. The van der Waals surface area contributed by atoms with E-state index in [1.54, 1.807) is 19.9 Å². The van der Waals surface area contributed by atoms with Crippen molar-refractivity contribution in [2.24, 2.45) is 5.41 Å². The first kappa shape index (κ1) is 17.9. The van der Waals surface area contributed by atoms with Gasteiger partial charge in [0, 0.05) is 6.42 Å². The van der Waals surface area contributed by atoms with Gasteiger partial charge in [-0.3, -0.25) is 14.4 Å². The molecular formula is C18H20O6. The molecule has 0 bridgehead atoms. The van der Waals surface area contributed by atoms with Crippen molar-refractivity contribution in [1.82, 2.24) is 0 Å². The number of phenols is 2. The molecule has 128 valence electrons. The van der Waals surface area contributed by atoms with E-state index in [2.05, 4.69) is 0 Å². The van der Waals surface area contributed by atoms with Crippen LogP contribution in [0.4, 0.5) is 0 Å². The third kappa shape index (κ3) is 2.63. The van der Waals surface area contributed by atoms with Crippen molar-refractivity contribution in [2.45, 2.75) is 39.7 Å². The number of phenolic OH excluding ortho intramolecular Hbond substituents is 2. The number of carbonyl (C=O) groups is 3. The van der Waals surface area contributed by atoms with Crippen molar-refractivity contribution in [1.29, 1.82) is 0 Å². The Morgan fingerprint density at radius 1 is 1.17 bits per heavy atom. The second-order valence-corrected chi connectivity index (χ2v) is 6.34. The highest BCUT2D eigenvalue weighted by Gasteiger charge is 2.55. The Kier molecular flexibility index (Phi) is 4.62. The fraction of sp³-hybridized carbons (Fsp3) is 0.389. The van der Waals surface area contributed by atoms with Crippen LogP contribution in [0.15, 0.2) is 23.8 Å². The van der Waals surface area contributed by atoms with Gasteiger partial charge in [0.2, 0.25) is 0 Å². The molecule has 0 radical (unpaired) electrons. The van der Waals surface area contributed by atoms with Gasteiger partial charge in [0.05, 0.1) is 17.2 Å². The lowest BCUT2D eigenvalue weighted by Gasteiger charge is -2.37. The number of allylic oxidation sites excluding steroid dienone is 1. The topological polar surface area (TPSA) is 112 Å². The molecule has 0 heterocycles. The molecule has 0 aliphatic heterocycles. The van der Waals surface area contributed by atoms with Crippen molar-refractivity contribution in [3.8, 4) is 11.5 Å². The Balaban J connectivity index is 2.66. The van der Waals surface area contributed by atoms with Gasteiger partial charge in [0.15, 0.2) is 11.6 Å². The Hall–Kier alpha value is -2.47. The molecular weight excluding hydrogens is 312 g/mol. The SMILES string of the molecule is CC(=O)C1([C@H](O)CC=C(C)C)CC(=O)c2c(O)ccc(O)c2C1=O. The highest BCUT2D eigenvalue weighted by molar-refractivity contribution is 6.26. The lowest BCUT2D eigenvalue weighted by Crippen LogP contribution is -2.52. The van der Waals surface area contributed by atoms with Gasteiger partial charge < -0.3 is 15.3 Å². The van der Waals surface area contributed by atoms with E-state index in [9.17, 15) is 29.7 Å². The largest absolute Gasteiger partial charge is 0.507 e. The van der Waals surface area contributed by atoms with E-state index in [1.165, 1.54) is 0 Å². The molecule has 6 nitrogen and oxygen atoms in total. The summed E-state index contributed by atoms with van der Waals surface area (Å²) in [5.41, 5.74) is -1.77. The van der Waals surface area contributed by atoms with Crippen molar-refractivity contribution >= 4 is 17.3 Å². The minimum atomic E-state index is -1.96. The molecule has 1 aliphatic carbocycles. The van der Waals surface area contributed by atoms with E-state index in [0.29, 0.717) is 0 Å². The number of hydrogen-bond acceptors (Lipinski definition) is 6. The van der Waals surface area contributed by atoms with Gasteiger partial charge in [0.1, 0.15) is 22.7 Å². The van der Waals surface area contributed by atoms with Crippen LogP contribution in [0.3, 0.4) is 0 Å². The van der Waals surface area contributed by atoms with Crippen molar-refractivity contribution < 1.29 is 29.7 Å². The van der Waals surface area contributed by atoms with Crippen LogP contribution in [0.25, 0.3) is 0 Å². The molecule has 0 aromatic heterocycles. The molecule has 2 atom stereocenters. The minimum Gasteiger partial charge on any atom is -0.507 e. The van der Waals surface area contributed by atoms with Gasteiger partial charge in [-0.05, 0) is 39.3 Å². The molecule has 6 heteroatoms. The lowest BCUT2D eigenvalue weighted by molar-refractivity contribution is -0.129. The predicted molar refractivity (Wildman–Crippen MR) is 86.2 cm³/mol. The van der Waals surface area contributed by atoms with Crippen molar-refractivity contribution in [3.63, 3.8) is 0 Å². The van der Waals surface area contributed by atoms with Gasteiger partial charge >= 0.3 is 0 Å². The third-order valence-corrected chi connectivity index (χ3v) is 4.46. The zero-order valence-electron chi connectivity index (χ0n) is 13.8. The quantitative estimate of drug-likeness (QED) is 0.442. The van der Waals surface area contributed by atoms with Crippen LogP contribution in [0, 0.1) is 5.41 Å². The first-order valence-electron chi connectivity index (χ1n) is 7.58. The van der Waals surface area contributed by atoms with E-state index in [4.69, 9.17) is 0 Å². The second kappa shape index (κ2) is 6.20. The maximum Gasteiger partial charge on any atom is 0.184 e. The Bertz CT molecular complexity index is 757. The van der Waals surface area contributed by atoms with Crippen LogP contribution in [0.5, 0.6) is 11.5 Å². The van der Waals surface area contributed by atoms with Crippen LogP contribution < -0.4 is 0 Å². The molecule has 0 amide bonds. The third-order valence-electron chi connectivity index (χ3n) is 4.46. The Morgan fingerprint density at radius 3 is 2.21 bits per heavy atom. The van der Waals surface area contributed by atoms with Crippen LogP contribution >= 0.6 is 0 Å². The van der Waals surface area contributed by atoms with Gasteiger partial charge in [-0.2, -0.15) is 0 Å². The fourth-order valence-corrected chi connectivity index (χ4v) is 3.07. The summed E-state index contributed by atoms with van der Waals surface area (Å²) < 4.78 is 0. The smallest absolute Gasteiger partial charge is 0.184 e. The molecule has 1 aromatic carbocycles. The van der Waals surface area contributed by atoms with Crippen LogP contribution in [-0.2, 0) is 4.79 Å². The first-order chi connectivity index (χ1) is 11.1. The van der Waals surface area contributed by atoms with E-state index in [-0.39, 0.29) is 12.0 Å². The zero-order chi connectivity index (χ0) is 18.2. The highest BCUT2D eigenvalue weighted by Crippen LogP contribution is 2.45. The van der Waals surface area contributed by atoms with E-state index in [0.717, 1.165) is 24.6 Å². The summed E-state index contributed by atoms with van der Waals surface area (Å²) in [6.45, 7) is 4.75. The minimum absolute atomic E-state index is 0.0237. The number of aromatic hydroxyl groups is 2. The normalized spacial score (nSPS) is 21.2. The first-order valence-corrected chi connectivity index (χ1v) is 7.58. The summed E-state index contributed by atoms with van der Waals surface area (Å²) >= 11 is 0. The van der Waals surface area contributed by atoms with Crippen LogP contribution in [0.2, 0.25) is 0 Å². The molecule has 1 unspecified atom stereocenters. The van der Waals surface area contributed by atoms with Crippen LogP contribution in [-0.4, -0.2) is 38.8 Å². The molecule has 0 fully saturated rings. The average Bonchev–Trinajstić information content (AvgIpc) is 2.50. The highest BCUT2D eigenvalue weighted by atomic mass is 16.3. The van der Waals surface area contributed by atoms with Gasteiger partial charge in [-0.15, -0.1) is 0 Å². The summed E-state index contributed by atoms with van der Waals surface area (Å²) in [6, 6.07) is 2.19.